The van der Waals surface area contributed by atoms with Gasteiger partial charge in [-0.2, -0.15) is 0 Å². The second-order valence-corrected chi connectivity index (χ2v) is 26.8. The van der Waals surface area contributed by atoms with Gasteiger partial charge in [-0.15, -0.1) is 18.2 Å². The largest absolute Gasteiger partial charge is 0.501 e. The molecule has 5 heteroatoms. The van der Waals surface area contributed by atoms with Crippen molar-refractivity contribution < 1.29 is 30.0 Å². The Bertz CT molecular complexity index is 2490. The Morgan fingerprint density at radius 3 is 2.28 bits per heavy atom. The number of furan rings is 1. The predicted octanol–water partition coefficient (Wildman–Crippen LogP) is 12.9. The maximum absolute atomic E-state index is 8.88. The normalized spacial score (nSPS) is 15.3. The third-order valence-electron chi connectivity index (χ3n) is 9.74. The molecule has 3 heterocycles. The fourth-order valence-electron chi connectivity index (χ4n) is 7.14. The van der Waals surface area contributed by atoms with Crippen LogP contribution in [0.3, 0.4) is 0 Å². The van der Waals surface area contributed by atoms with E-state index in [0.717, 1.165) is 85.5 Å². The van der Waals surface area contributed by atoms with E-state index in [9.17, 15) is 0 Å². The molecule has 0 bridgehead atoms. The molecule has 54 heavy (non-hydrogen) atoms. The van der Waals surface area contributed by atoms with E-state index in [1.165, 1.54) is 6.42 Å². The minimum atomic E-state index is -2.24. The second kappa shape index (κ2) is 17.3. The number of aromatic nitrogens is 2. The summed E-state index contributed by atoms with van der Waals surface area (Å²) >= 11 is -2.24. The smallest absolute Gasteiger partial charge is 0.121 e. The Morgan fingerprint density at radius 1 is 0.778 bits per heavy atom. The predicted molar refractivity (Wildman–Crippen MR) is 226 cm³/mol. The van der Waals surface area contributed by atoms with Crippen molar-refractivity contribution in [1.82, 2.24) is 9.97 Å². The zero-order valence-electron chi connectivity index (χ0n) is 36.2. The van der Waals surface area contributed by atoms with Gasteiger partial charge in [-0.1, -0.05) is 97.1 Å². The van der Waals surface area contributed by atoms with Crippen LogP contribution in [0, 0.1) is 23.5 Å². The number of rotatable bonds is 7. The van der Waals surface area contributed by atoms with Gasteiger partial charge in [0.2, 0.25) is 0 Å². The fraction of sp³-hybridized carbons (Fsp3) is 0.306. The van der Waals surface area contributed by atoms with Gasteiger partial charge in [0.15, 0.2) is 0 Å². The average Bonchev–Trinajstić information content (AvgIpc) is 3.59. The first-order chi connectivity index (χ1) is 27.1. The maximum Gasteiger partial charge on any atom is 0.121 e. The standard InChI is InChI=1S/C30H26NO.C19H26GeN.Ir/c1-3-8-21(9-4-1)18-22-16-17-31-28(19-22)27-13-7-12-26-25-15-14-24(20-29(25)32-30(26)27)23-10-5-2-6-11-23;1-19(2,3)13-16-12-18(15-10-8-7-9-11-15)21-14-17(16)20(4,5)6;/h2,5-7,10-12,14-17,19-21H,1,3-4,8-9,18H2;7-10,12,14H,13H2,1-6H3;/q2*-1;/i18D2;13D2;. The molecule has 0 spiro atoms. The minimum absolute atomic E-state index is 0. The molecule has 0 atom stereocenters. The molecule has 0 saturated heterocycles. The van der Waals surface area contributed by atoms with Crippen LogP contribution in [0.2, 0.25) is 17.3 Å². The quantitative estimate of drug-likeness (QED) is 0.118. The number of fused-ring (bicyclic) bond motifs is 3. The molecule has 1 fully saturated rings. The van der Waals surface area contributed by atoms with Crippen LogP contribution >= 0.6 is 0 Å². The molecular weight excluding hydrogens is 897 g/mol. The third-order valence-corrected chi connectivity index (χ3v) is 14.0. The van der Waals surface area contributed by atoms with E-state index < -0.39 is 31.4 Å². The molecule has 0 aliphatic heterocycles. The summed E-state index contributed by atoms with van der Waals surface area (Å²) in [4.78, 5) is 9.22. The summed E-state index contributed by atoms with van der Waals surface area (Å²) in [6.07, 6.45) is 6.17. The van der Waals surface area contributed by atoms with Crippen LogP contribution in [-0.2, 0) is 32.9 Å². The molecule has 0 amide bonds. The minimum Gasteiger partial charge on any atom is -0.501 e. The molecule has 1 aliphatic rings. The molecule has 1 radical (unpaired) electrons. The van der Waals surface area contributed by atoms with Gasteiger partial charge in [0, 0.05) is 34.4 Å². The van der Waals surface area contributed by atoms with E-state index in [-0.39, 0.29) is 26.0 Å². The molecule has 0 unspecified atom stereocenters. The van der Waals surface area contributed by atoms with Gasteiger partial charge >= 0.3 is 135 Å². The monoisotopic (exact) mass is 955 g/mol. The Kier molecular flexibility index (Phi) is 11.1. The van der Waals surface area contributed by atoms with Gasteiger partial charge in [0.05, 0.1) is 5.58 Å². The van der Waals surface area contributed by atoms with Crippen LogP contribution in [0.5, 0.6) is 0 Å². The number of hydrogen-bond donors (Lipinski definition) is 0. The zero-order chi connectivity index (χ0) is 40.6. The first-order valence-electron chi connectivity index (χ1n) is 20.9. The molecular formula is C49H52GeIrN2O-2. The van der Waals surface area contributed by atoms with Crippen LogP contribution in [0.25, 0.3) is 55.6 Å². The number of nitrogens with zero attached hydrogens (tertiary/aromatic N) is 2. The van der Waals surface area contributed by atoms with Crippen LogP contribution in [-0.4, -0.2) is 23.2 Å². The fourth-order valence-corrected chi connectivity index (χ4v) is 10.1. The van der Waals surface area contributed by atoms with Crippen LogP contribution in [0.15, 0.2) is 120 Å². The van der Waals surface area contributed by atoms with Crippen molar-refractivity contribution in [2.75, 3.05) is 0 Å². The molecule has 3 nitrogen and oxygen atoms in total. The summed E-state index contributed by atoms with van der Waals surface area (Å²) in [6.45, 7) is 5.88. The van der Waals surface area contributed by atoms with Crippen LogP contribution in [0.4, 0.5) is 0 Å². The Morgan fingerprint density at radius 2 is 1.56 bits per heavy atom. The third kappa shape index (κ3) is 9.69. The summed E-state index contributed by atoms with van der Waals surface area (Å²) in [5.74, 6) is 6.91. The van der Waals surface area contributed by atoms with Crippen LogP contribution < -0.4 is 4.40 Å². The van der Waals surface area contributed by atoms with Crippen molar-refractivity contribution in [2.24, 2.45) is 11.3 Å². The molecule has 8 rings (SSSR count). The summed E-state index contributed by atoms with van der Waals surface area (Å²) in [5.41, 5.74) is 8.02. The van der Waals surface area contributed by atoms with Gasteiger partial charge in [-0.3, -0.25) is 0 Å². The molecule has 3 aromatic heterocycles. The first kappa shape index (κ1) is 34.6. The first-order valence-corrected chi connectivity index (χ1v) is 26.3. The van der Waals surface area contributed by atoms with Gasteiger partial charge in [-0.05, 0) is 41.2 Å². The molecule has 0 N–H and O–H groups in total. The Labute approximate surface area is 344 Å². The Balaban J connectivity index is 0.000000208. The van der Waals surface area contributed by atoms with E-state index in [4.69, 9.17) is 9.90 Å². The Hall–Kier alpha value is -3.83. The SMILES string of the molecule is [2H]C([2H])(c1cc(-c2[c-]cccc2)nc[c]1[Ge]([CH3])([CH3])[CH3])C(C)(C)C.[2H]C([2H])(c1ccnc(-c2[c-]ccc3c2oc2cc(-c4ccccc4)ccc23)c1)C1CCCCC1.[Ir]. The van der Waals surface area contributed by atoms with Crippen molar-refractivity contribution in [3.63, 3.8) is 0 Å². The summed E-state index contributed by atoms with van der Waals surface area (Å²) in [6, 6.07) is 40.4. The van der Waals surface area contributed by atoms with Gasteiger partial charge < -0.3 is 9.40 Å². The van der Waals surface area contributed by atoms with Crippen molar-refractivity contribution in [2.45, 2.75) is 82.9 Å². The molecule has 7 aromatic rings. The molecule has 1 saturated carbocycles. The van der Waals surface area contributed by atoms with Crippen LogP contribution in [0.1, 0.15) is 69.5 Å². The van der Waals surface area contributed by atoms with E-state index in [1.807, 2.05) is 99.8 Å². The van der Waals surface area contributed by atoms with E-state index in [2.05, 4.69) is 69.7 Å². The average molecular weight is 954 g/mol. The van der Waals surface area contributed by atoms with E-state index in [0.29, 0.717) is 11.3 Å². The van der Waals surface area contributed by atoms with Crippen molar-refractivity contribution in [3.05, 3.63) is 139 Å². The van der Waals surface area contributed by atoms with E-state index >= 15 is 0 Å². The van der Waals surface area contributed by atoms with Gasteiger partial charge in [0.25, 0.3) is 0 Å². The maximum atomic E-state index is 8.88. The van der Waals surface area contributed by atoms with Crippen molar-refractivity contribution in [3.8, 4) is 33.6 Å². The zero-order valence-corrected chi connectivity index (χ0v) is 36.7. The number of pyridine rings is 2. The van der Waals surface area contributed by atoms with Gasteiger partial charge in [-0.25, -0.2) is 0 Å². The molecule has 4 aromatic carbocycles. The van der Waals surface area contributed by atoms with Crippen molar-refractivity contribution >= 4 is 39.6 Å². The number of benzene rings is 4. The summed E-state index contributed by atoms with van der Waals surface area (Å²) in [7, 11) is 0. The van der Waals surface area contributed by atoms with Gasteiger partial charge in [0.1, 0.15) is 5.58 Å². The second-order valence-electron chi connectivity index (χ2n) is 16.2. The summed E-state index contributed by atoms with van der Waals surface area (Å²) in [5, 5.41) is 2.07. The topological polar surface area (TPSA) is 38.9 Å². The van der Waals surface area contributed by atoms with Crippen molar-refractivity contribution in [1.29, 1.82) is 0 Å². The molecule has 1 aliphatic carbocycles. The molecule has 279 valence electrons. The number of hydrogen-bond acceptors (Lipinski definition) is 3. The summed E-state index contributed by atoms with van der Waals surface area (Å²) < 4.78 is 42.8. The van der Waals surface area contributed by atoms with E-state index in [1.54, 1.807) is 6.20 Å².